The number of benzene rings is 2. The molecular weight excluding hydrogens is 664 g/mol. The molecule has 3 heterocycles. The van der Waals surface area contributed by atoms with E-state index in [1.807, 2.05) is 18.4 Å². The van der Waals surface area contributed by atoms with Gasteiger partial charge in [0.15, 0.2) is 23.1 Å². The number of aliphatic hydroxyl groups excluding tert-OH is 1. The third-order valence-corrected chi connectivity index (χ3v) is 10.1. The Hall–Kier alpha value is -4.56. The molecule has 1 spiro atoms. The lowest BCUT2D eigenvalue weighted by Gasteiger charge is -2.38. The summed E-state index contributed by atoms with van der Waals surface area (Å²) in [5, 5.41) is 21.5. The van der Waals surface area contributed by atoms with Gasteiger partial charge in [0, 0.05) is 47.6 Å². The van der Waals surface area contributed by atoms with Crippen LogP contribution in [0.2, 0.25) is 5.02 Å². The van der Waals surface area contributed by atoms with E-state index < -0.39 is 40.7 Å². The average Bonchev–Trinajstić information content (AvgIpc) is 3.81. The Bertz CT molecular complexity index is 1840. The van der Waals surface area contributed by atoms with Crippen molar-refractivity contribution < 1.29 is 43.0 Å². The fourth-order valence-corrected chi connectivity index (χ4v) is 7.15. The highest BCUT2D eigenvalue weighted by Gasteiger charge is 2.61. The van der Waals surface area contributed by atoms with E-state index in [0.717, 1.165) is 4.90 Å². The Morgan fingerprint density at radius 2 is 1.94 bits per heavy atom. The Kier molecular flexibility index (Phi) is 9.14. The number of fused-ring (bicyclic) bond motifs is 1. The number of amides is 2. The van der Waals surface area contributed by atoms with Crippen molar-refractivity contribution in [2.75, 3.05) is 20.5 Å². The molecule has 3 N–H and O–H groups in total. The maximum atomic E-state index is 14.3. The number of allylic oxidation sites excluding steroid dienone is 1. The van der Waals surface area contributed by atoms with Crippen molar-refractivity contribution in [3.8, 4) is 17.2 Å². The van der Waals surface area contributed by atoms with Crippen LogP contribution in [0.15, 0.2) is 51.1 Å². The number of nitrogens with one attached hydrogen (secondary N) is 2. The predicted molar refractivity (Wildman–Crippen MR) is 173 cm³/mol. The van der Waals surface area contributed by atoms with Gasteiger partial charge in [0.2, 0.25) is 29.1 Å². The van der Waals surface area contributed by atoms with Gasteiger partial charge in [-0.1, -0.05) is 35.8 Å². The molecule has 2 aromatic carbocycles. The molecule has 2 amide bonds. The summed E-state index contributed by atoms with van der Waals surface area (Å²) in [6, 6.07) is 8.33. The fraction of sp³-hybridized carbons (Fsp3) is 0.394. The number of hydrogen-bond donors (Lipinski definition) is 3. The van der Waals surface area contributed by atoms with Crippen LogP contribution in [-0.2, 0) is 20.9 Å². The first kappa shape index (κ1) is 33.3. The van der Waals surface area contributed by atoms with Gasteiger partial charge in [-0.2, -0.15) is 4.98 Å². The summed E-state index contributed by atoms with van der Waals surface area (Å²) in [5.41, 5.74) is -1.52. The lowest BCUT2D eigenvalue weighted by Crippen LogP contribution is -2.53. The number of methoxy groups -OCH3 is 2. The number of rotatable bonds is 10. The number of aromatic nitrogens is 2. The first-order valence-electron chi connectivity index (χ1n) is 15.2. The number of hydrogen-bond acceptors (Lipinski definition) is 12. The minimum Gasteiger partial charge on any atom is -0.507 e. The molecule has 0 saturated carbocycles. The number of carbonyl (C=O) groups is 4. The fourth-order valence-electron chi connectivity index (χ4n) is 6.48. The zero-order chi connectivity index (χ0) is 34.3. The van der Waals surface area contributed by atoms with Gasteiger partial charge in [0.25, 0.3) is 0 Å². The number of ether oxygens (including phenoxy) is 3. The van der Waals surface area contributed by atoms with Gasteiger partial charge in [0.1, 0.15) is 28.1 Å². The van der Waals surface area contributed by atoms with Gasteiger partial charge in [-0.3, -0.25) is 19.2 Å². The van der Waals surface area contributed by atoms with E-state index in [1.54, 1.807) is 19.1 Å². The number of nitrogens with zero attached hydrogens (tertiary/aromatic N) is 2. The Balaban J connectivity index is 1.35. The zero-order valence-corrected chi connectivity index (χ0v) is 28.1. The summed E-state index contributed by atoms with van der Waals surface area (Å²) in [7, 11) is 2.78. The van der Waals surface area contributed by atoms with E-state index in [0.29, 0.717) is 18.4 Å². The second-order valence-electron chi connectivity index (χ2n) is 11.8. The number of Topliss-reactive ketones (excluding diaryl/α,β-unsaturated/α-hetero) is 2. The highest BCUT2D eigenvalue weighted by atomic mass is 35.5. The van der Waals surface area contributed by atoms with Crippen molar-refractivity contribution in [3.63, 3.8) is 0 Å². The van der Waals surface area contributed by atoms with Gasteiger partial charge in [-0.05, 0) is 30.4 Å². The van der Waals surface area contributed by atoms with Gasteiger partial charge >= 0.3 is 0 Å². The van der Waals surface area contributed by atoms with Gasteiger partial charge in [-0.15, -0.1) is 11.8 Å². The van der Waals surface area contributed by atoms with Crippen LogP contribution in [0, 0.1) is 5.92 Å². The molecule has 48 heavy (non-hydrogen) atoms. The summed E-state index contributed by atoms with van der Waals surface area (Å²) in [6.45, 7) is 1.55. The maximum Gasteiger partial charge on any atom is 0.249 e. The molecule has 6 rings (SSSR count). The van der Waals surface area contributed by atoms with Crippen molar-refractivity contribution in [1.29, 1.82) is 0 Å². The molecule has 4 atom stereocenters. The highest BCUT2D eigenvalue weighted by molar-refractivity contribution is 7.98. The number of halogens is 1. The van der Waals surface area contributed by atoms with Crippen LogP contribution in [0.4, 0.5) is 0 Å². The third kappa shape index (κ3) is 5.66. The van der Waals surface area contributed by atoms with Gasteiger partial charge < -0.3 is 34.5 Å². The number of carbonyl (C=O) groups excluding carboxylic acids is 4. The summed E-state index contributed by atoms with van der Waals surface area (Å²) < 4.78 is 22.4. The van der Waals surface area contributed by atoms with E-state index in [-0.39, 0.29) is 76.5 Å². The second-order valence-corrected chi connectivity index (χ2v) is 13.0. The Morgan fingerprint density at radius 3 is 2.58 bits per heavy atom. The van der Waals surface area contributed by atoms with E-state index >= 15 is 0 Å². The Morgan fingerprint density at radius 1 is 1.21 bits per heavy atom. The van der Waals surface area contributed by atoms with E-state index in [9.17, 15) is 24.3 Å². The van der Waals surface area contributed by atoms with Crippen molar-refractivity contribution in [1.82, 2.24) is 20.8 Å². The number of aliphatic hydroxyl groups is 1. The summed E-state index contributed by atoms with van der Waals surface area (Å²) in [4.78, 5) is 58.4. The smallest absolute Gasteiger partial charge is 0.249 e. The van der Waals surface area contributed by atoms with Crippen LogP contribution in [0.1, 0.15) is 72.2 Å². The van der Waals surface area contributed by atoms with Crippen molar-refractivity contribution in [2.45, 2.75) is 61.6 Å². The van der Waals surface area contributed by atoms with Crippen LogP contribution in [0.3, 0.4) is 0 Å². The third-order valence-electron chi connectivity index (χ3n) is 8.99. The number of ketones is 2. The summed E-state index contributed by atoms with van der Waals surface area (Å²) >= 11 is 8.11. The molecule has 0 radical (unpaired) electrons. The average molecular weight is 697 g/mol. The molecule has 3 aliphatic rings. The van der Waals surface area contributed by atoms with E-state index in [1.165, 1.54) is 32.0 Å². The van der Waals surface area contributed by atoms with Crippen molar-refractivity contribution in [2.24, 2.45) is 5.92 Å². The molecule has 2 unspecified atom stereocenters. The number of thioether (sulfide) groups is 1. The monoisotopic (exact) mass is 696 g/mol. The van der Waals surface area contributed by atoms with Crippen LogP contribution < -0.4 is 24.8 Å². The SMILES string of the molecule is COc1cc(OC)c2c(c1Cl)O[C@]1(C2=O)C(O)=C(C(CC(=O)NCc2noc(C3CCC(=O)N3)n2)c2ccc(SC)cc2)C(=O)C[C@H]1C. The molecular formula is C33H33ClN4O9S. The largest absolute Gasteiger partial charge is 0.507 e. The molecule has 13 nitrogen and oxygen atoms in total. The van der Waals surface area contributed by atoms with Crippen LogP contribution in [-0.4, -0.2) is 64.7 Å². The minimum atomic E-state index is -2.00. The van der Waals surface area contributed by atoms with Crippen LogP contribution >= 0.6 is 23.4 Å². The lowest BCUT2D eigenvalue weighted by atomic mass is 9.69. The first-order valence-corrected chi connectivity index (χ1v) is 16.8. The molecule has 252 valence electrons. The molecule has 1 fully saturated rings. The molecule has 2 aliphatic heterocycles. The quantitative estimate of drug-likeness (QED) is 0.251. The van der Waals surface area contributed by atoms with Crippen LogP contribution in [0.25, 0.3) is 0 Å². The van der Waals surface area contributed by atoms with Gasteiger partial charge in [-0.25, -0.2) is 0 Å². The molecule has 1 aliphatic carbocycles. The van der Waals surface area contributed by atoms with Crippen molar-refractivity contribution >= 4 is 46.7 Å². The second kappa shape index (κ2) is 13.2. The molecule has 3 aromatic rings. The van der Waals surface area contributed by atoms with Crippen molar-refractivity contribution in [3.05, 3.63) is 69.5 Å². The topological polar surface area (TPSA) is 179 Å². The lowest BCUT2D eigenvalue weighted by molar-refractivity contribution is -0.122. The summed E-state index contributed by atoms with van der Waals surface area (Å²) in [5.74, 6) is -3.23. The van der Waals surface area contributed by atoms with Crippen LogP contribution in [0.5, 0.6) is 17.2 Å². The van der Waals surface area contributed by atoms with E-state index in [4.69, 9.17) is 30.3 Å². The molecule has 1 aromatic heterocycles. The maximum absolute atomic E-state index is 14.3. The molecule has 15 heteroatoms. The molecule has 0 bridgehead atoms. The first-order chi connectivity index (χ1) is 23.0. The molecule has 1 saturated heterocycles. The van der Waals surface area contributed by atoms with Gasteiger partial charge in [0.05, 0.1) is 20.8 Å². The summed E-state index contributed by atoms with van der Waals surface area (Å²) in [6.07, 6.45) is 2.39. The standard InChI is InChI=1S/C33H33ClN4O9S/c1-15-11-20(39)26(30(42)33(15)31(43)27-21(44-2)13-22(45-3)28(34)29(27)46-33)18(16-5-7-17(48-4)8-6-16)12-25(41)35-14-23-37-32(47-38-23)19-9-10-24(40)36-19/h5-8,13,15,18-19,42H,9-12,14H2,1-4H3,(H,35,41)(H,36,40)/t15-,18?,19?,33+/m1/s1. The minimum absolute atomic E-state index is 0.0143. The Labute approximate surface area is 284 Å². The normalized spacial score (nSPS) is 22.4. The highest BCUT2D eigenvalue weighted by Crippen LogP contribution is 2.55. The predicted octanol–water partition coefficient (Wildman–Crippen LogP) is 4.64. The van der Waals surface area contributed by atoms with E-state index in [2.05, 4.69) is 20.8 Å². The zero-order valence-electron chi connectivity index (χ0n) is 26.5.